The SMILES string of the molecule is CN(C)CCCCNc1ccc(Cl)cc1C(=O)O. The summed E-state index contributed by atoms with van der Waals surface area (Å²) >= 11 is 5.78. The van der Waals surface area contributed by atoms with Gasteiger partial charge in [0.2, 0.25) is 0 Å². The van der Waals surface area contributed by atoms with Crippen LogP contribution in [-0.4, -0.2) is 43.2 Å². The molecular formula is C13H19ClN2O2. The molecule has 0 heterocycles. The van der Waals surface area contributed by atoms with Crippen molar-refractivity contribution in [1.29, 1.82) is 0 Å². The molecule has 100 valence electrons. The summed E-state index contributed by atoms with van der Waals surface area (Å²) in [5, 5.41) is 12.6. The zero-order valence-corrected chi connectivity index (χ0v) is 11.5. The van der Waals surface area contributed by atoms with Crippen molar-refractivity contribution in [3.8, 4) is 0 Å². The highest BCUT2D eigenvalue weighted by molar-refractivity contribution is 6.31. The molecule has 0 saturated heterocycles. The number of halogens is 1. The van der Waals surface area contributed by atoms with E-state index in [1.54, 1.807) is 12.1 Å². The van der Waals surface area contributed by atoms with Crippen molar-refractivity contribution in [3.63, 3.8) is 0 Å². The Morgan fingerprint density at radius 3 is 2.72 bits per heavy atom. The Hall–Kier alpha value is -1.26. The van der Waals surface area contributed by atoms with Gasteiger partial charge in [-0.15, -0.1) is 0 Å². The Morgan fingerprint density at radius 2 is 2.11 bits per heavy atom. The standard InChI is InChI=1S/C13H19ClN2O2/c1-16(2)8-4-3-7-15-12-6-5-10(14)9-11(12)13(17)18/h5-6,9,15H,3-4,7-8H2,1-2H3,(H,17,18). The second-order valence-corrected chi connectivity index (χ2v) is 4.87. The van der Waals surface area contributed by atoms with Crippen LogP contribution in [0.1, 0.15) is 23.2 Å². The average Bonchev–Trinajstić information content (AvgIpc) is 2.29. The molecule has 1 rings (SSSR count). The number of anilines is 1. The molecule has 18 heavy (non-hydrogen) atoms. The average molecular weight is 271 g/mol. The summed E-state index contributed by atoms with van der Waals surface area (Å²) in [6.07, 6.45) is 2.08. The molecule has 0 saturated carbocycles. The Morgan fingerprint density at radius 1 is 1.39 bits per heavy atom. The third kappa shape index (κ3) is 4.94. The molecule has 0 aliphatic carbocycles. The van der Waals surface area contributed by atoms with Gasteiger partial charge in [0.25, 0.3) is 0 Å². The van der Waals surface area contributed by atoms with Crippen molar-refractivity contribution in [3.05, 3.63) is 28.8 Å². The highest BCUT2D eigenvalue weighted by Gasteiger charge is 2.09. The molecule has 0 bridgehead atoms. The third-order valence-corrected chi connectivity index (χ3v) is 2.79. The molecule has 1 aromatic carbocycles. The van der Waals surface area contributed by atoms with Crippen LogP contribution in [0.4, 0.5) is 5.69 Å². The molecule has 0 aliphatic heterocycles. The summed E-state index contributed by atoms with van der Waals surface area (Å²) < 4.78 is 0. The van der Waals surface area contributed by atoms with Crippen LogP contribution in [0.15, 0.2) is 18.2 Å². The van der Waals surface area contributed by atoms with Gasteiger partial charge in [-0.1, -0.05) is 11.6 Å². The van der Waals surface area contributed by atoms with Crippen LogP contribution < -0.4 is 5.32 Å². The quantitative estimate of drug-likeness (QED) is 0.748. The van der Waals surface area contributed by atoms with E-state index < -0.39 is 5.97 Å². The van der Waals surface area contributed by atoms with Crippen molar-refractivity contribution < 1.29 is 9.90 Å². The lowest BCUT2D eigenvalue weighted by molar-refractivity contribution is 0.0698. The van der Waals surface area contributed by atoms with E-state index in [4.69, 9.17) is 16.7 Å². The molecule has 2 N–H and O–H groups in total. The van der Waals surface area contributed by atoms with E-state index >= 15 is 0 Å². The number of nitrogens with one attached hydrogen (secondary N) is 1. The highest BCUT2D eigenvalue weighted by atomic mass is 35.5. The van der Waals surface area contributed by atoms with Gasteiger partial charge in [0.1, 0.15) is 0 Å². The van der Waals surface area contributed by atoms with Crippen LogP contribution >= 0.6 is 11.6 Å². The lowest BCUT2D eigenvalue weighted by Gasteiger charge is -2.11. The minimum absolute atomic E-state index is 0.218. The zero-order valence-electron chi connectivity index (χ0n) is 10.7. The molecule has 5 heteroatoms. The van der Waals surface area contributed by atoms with E-state index in [0.29, 0.717) is 10.7 Å². The fraction of sp³-hybridized carbons (Fsp3) is 0.462. The van der Waals surface area contributed by atoms with E-state index in [2.05, 4.69) is 10.2 Å². The van der Waals surface area contributed by atoms with Crippen LogP contribution in [0.3, 0.4) is 0 Å². The summed E-state index contributed by atoms with van der Waals surface area (Å²) in [5.74, 6) is -0.965. The smallest absolute Gasteiger partial charge is 0.337 e. The van der Waals surface area contributed by atoms with E-state index in [0.717, 1.165) is 25.9 Å². The minimum Gasteiger partial charge on any atom is -0.478 e. The normalized spacial score (nSPS) is 10.7. The van der Waals surface area contributed by atoms with Gasteiger partial charge in [-0.3, -0.25) is 0 Å². The van der Waals surface area contributed by atoms with Crippen molar-refractivity contribution in [2.45, 2.75) is 12.8 Å². The molecule has 0 atom stereocenters. The van der Waals surface area contributed by atoms with Crippen molar-refractivity contribution >= 4 is 23.3 Å². The number of hydrogen-bond donors (Lipinski definition) is 2. The molecule has 0 fully saturated rings. The fourth-order valence-electron chi connectivity index (χ4n) is 1.62. The highest BCUT2D eigenvalue weighted by Crippen LogP contribution is 2.20. The van der Waals surface area contributed by atoms with Gasteiger partial charge in [-0.05, 0) is 51.7 Å². The Labute approximate surface area is 113 Å². The van der Waals surface area contributed by atoms with Crippen molar-refractivity contribution in [2.75, 3.05) is 32.5 Å². The van der Waals surface area contributed by atoms with Crippen LogP contribution in [0.5, 0.6) is 0 Å². The lowest BCUT2D eigenvalue weighted by atomic mass is 10.1. The number of nitrogens with zero attached hydrogens (tertiary/aromatic N) is 1. The predicted octanol–water partition coefficient (Wildman–Crippen LogP) is 2.79. The monoisotopic (exact) mass is 270 g/mol. The largest absolute Gasteiger partial charge is 0.478 e. The van der Waals surface area contributed by atoms with E-state index in [1.807, 2.05) is 14.1 Å². The number of aromatic carboxylic acids is 1. The van der Waals surface area contributed by atoms with Gasteiger partial charge in [-0.25, -0.2) is 4.79 Å². The van der Waals surface area contributed by atoms with Gasteiger partial charge < -0.3 is 15.3 Å². The fourth-order valence-corrected chi connectivity index (χ4v) is 1.80. The molecule has 0 amide bonds. The van der Waals surface area contributed by atoms with Crippen LogP contribution in [0.25, 0.3) is 0 Å². The molecule has 4 nitrogen and oxygen atoms in total. The molecule has 0 aliphatic rings. The Bertz CT molecular complexity index is 408. The first-order valence-electron chi connectivity index (χ1n) is 5.92. The summed E-state index contributed by atoms with van der Waals surface area (Å²) in [4.78, 5) is 13.2. The first kappa shape index (κ1) is 14.8. The van der Waals surface area contributed by atoms with E-state index in [9.17, 15) is 4.79 Å². The van der Waals surface area contributed by atoms with Crippen LogP contribution in [-0.2, 0) is 0 Å². The molecule has 0 aromatic heterocycles. The maximum atomic E-state index is 11.0. The lowest BCUT2D eigenvalue weighted by Crippen LogP contribution is -2.14. The third-order valence-electron chi connectivity index (χ3n) is 2.56. The summed E-state index contributed by atoms with van der Waals surface area (Å²) in [6, 6.07) is 4.86. The second kappa shape index (κ2) is 7.24. The minimum atomic E-state index is -0.965. The summed E-state index contributed by atoms with van der Waals surface area (Å²) in [7, 11) is 4.07. The van der Waals surface area contributed by atoms with Crippen molar-refractivity contribution in [2.24, 2.45) is 0 Å². The number of carbonyl (C=O) groups is 1. The number of carboxylic acid groups (broad SMARTS) is 1. The van der Waals surface area contributed by atoms with E-state index in [-0.39, 0.29) is 5.56 Å². The van der Waals surface area contributed by atoms with Gasteiger partial charge in [-0.2, -0.15) is 0 Å². The Kier molecular flexibility index (Phi) is 5.95. The number of benzene rings is 1. The van der Waals surface area contributed by atoms with Gasteiger partial charge in [0.15, 0.2) is 0 Å². The van der Waals surface area contributed by atoms with Gasteiger partial charge in [0, 0.05) is 17.3 Å². The number of carboxylic acids is 1. The summed E-state index contributed by atoms with van der Waals surface area (Å²) in [5.41, 5.74) is 0.840. The maximum absolute atomic E-state index is 11.0. The number of rotatable bonds is 7. The van der Waals surface area contributed by atoms with E-state index in [1.165, 1.54) is 6.07 Å². The van der Waals surface area contributed by atoms with Crippen LogP contribution in [0.2, 0.25) is 5.02 Å². The number of hydrogen-bond acceptors (Lipinski definition) is 3. The predicted molar refractivity (Wildman–Crippen MR) is 74.7 cm³/mol. The first-order valence-corrected chi connectivity index (χ1v) is 6.30. The summed E-state index contributed by atoms with van der Waals surface area (Å²) in [6.45, 7) is 1.80. The molecule has 1 aromatic rings. The van der Waals surface area contributed by atoms with Gasteiger partial charge in [0.05, 0.1) is 5.56 Å². The molecule has 0 spiro atoms. The van der Waals surface area contributed by atoms with Crippen molar-refractivity contribution in [1.82, 2.24) is 4.90 Å². The Balaban J connectivity index is 2.49. The second-order valence-electron chi connectivity index (χ2n) is 4.43. The van der Waals surface area contributed by atoms with Gasteiger partial charge >= 0.3 is 5.97 Å². The van der Waals surface area contributed by atoms with Crippen LogP contribution in [0, 0.1) is 0 Å². The topological polar surface area (TPSA) is 52.6 Å². The molecular weight excluding hydrogens is 252 g/mol. The number of unbranched alkanes of at least 4 members (excludes halogenated alkanes) is 1. The molecule has 0 radical (unpaired) electrons. The first-order chi connectivity index (χ1) is 8.50. The zero-order chi connectivity index (χ0) is 13.5. The maximum Gasteiger partial charge on any atom is 0.337 e. The molecule has 0 unspecified atom stereocenters.